The summed E-state index contributed by atoms with van der Waals surface area (Å²) in [6, 6.07) is 28.0. The van der Waals surface area contributed by atoms with Crippen molar-refractivity contribution in [3.63, 3.8) is 0 Å². The molecule has 0 aliphatic heterocycles. The van der Waals surface area contributed by atoms with Gasteiger partial charge in [0.25, 0.3) is 0 Å². The third kappa shape index (κ3) is 6.02. The number of carbonyl (C=O) groups excluding carboxylic acids is 2. The molecule has 0 spiro atoms. The predicted molar refractivity (Wildman–Crippen MR) is 152 cm³/mol. The zero-order valence-electron chi connectivity index (χ0n) is 21.5. The fourth-order valence-corrected chi connectivity index (χ4v) is 6.18. The molecule has 2 amide bonds. The van der Waals surface area contributed by atoms with E-state index >= 15 is 0 Å². The number of benzene rings is 4. The Morgan fingerprint density at radius 1 is 0.744 bits per heavy atom. The summed E-state index contributed by atoms with van der Waals surface area (Å²) in [4.78, 5) is 26.2. The average Bonchev–Trinajstić information content (AvgIpc) is 3.45. The molecule has 1 fully saturated rings. The summed E-state index contributed by atoms with van der Waals surface area (Å²) in [6.45, 7) is 0.739. The van der Waals surface area contributed by atoms with Gasteiger partial charge >= 0.3 is 0 Å². The Morgan fingerprint density at radius 2 is 1.36 bits per heavy atom. The van der Waals surface area contributed by atoms with E-state index in [1.807, 2.05) is 54.6 Å². The molecular weight excluding hydrogens is 510 g/mol. The van der Waals surface area contributed by atoms with E-state index in [0.717, 1.165) is 28.3 Å². The lowest BCUT2D eigenvalue weighted by molar-refractivity contribution is -0.133. The van der Waals surface area contributed by atoms with Crippen LogP contribution in [0.5, 0.6) is 0 Å². The molecule has 39 heavy (non-hydrogen) atoms. The maximum Gasteiger partial charge on any atom is 0.238 e. The van der Waals surface area contributed by atoms with E-state index in [1.165, 1.54) is 6.07 Å². The molecule has 0 heterocycles. The molecule has 4 N–H and O–H groups in total. The van der Waals surface area contributed by atoms with Crippen molar-refractivity contribution in [1.29, 1.82) is 0 Å². The van der Waals surface area contributed by atoms with E-state index in [9.17, 15) is 18.0 Å². The quantitative estimate of drug-likeness (QED) is 0.304. The van der Waals surface area contributed by atoms with Gasteiger partial charge in [0.2, 0.25) is 21.8 Å². The molecule has 0 radical (unpaired) electrons. The van der Waals surface area contributed by atoms with Crippen LogP contribution < -0.4 is 15.8 Å². The standard InChI is InChI=1S/C31H31N3O4S/c32-39(37,38)29-14-4-3-11-26(29)23-17-15-21(16-18-23)19-33-30(35)27-12-6-13-28(27)31(36)34-20-24-9-5-8-22-7-1-2-10-25(22)24/h1-5,7-11,14-18,27-28H,6,12-13,19-20H2,(H,33,35)(H,34,36)(H2,32,37,38)/t27-,28-/m1/s1. The van der Waals surface area contributed by atoms with Crippen molar-refractivity contribution in [1.82, 2.24) is 10.6 Å². The van der Waals surface area contributed by atoms with Crippen LogP contribution in [0.2, 0.25) is 0 Å². The minimum atomic E-state index is -3.85. The summed E-state index contributed by atoms with van der Waals surface area (Å²) in [7, 11) is -3.85. The maximum atomic E-state index is 13.1. The van der Waals surface area contributed by atoms with Gasteiger partial charge < -0.3 is 10.6 Å². The van der Waals surface area contributed by atoms with Crippen molar-refractivity contribution in [3.05, 3.63) is 102 Å². The number of rotatable bonds is 8. The summed E-state index contributed by atoms with van der Waals surface area (Å²) in [6.07, 6.45) is 2.21. The predicted octanol–water partition coefficient (Wildman–Crippen LogP) is 4.50. The average molecular weight is 542 g/mol. The number of carbonyl (C=O) groups is 2. The number of fused-ring (bicyclic) bond motifs is 1. The molecular formula is C31H31N3O4S. The third-order valence-electron chi connectivity index (χ3n) is 7.45. The smallest absolute Gasteiger partial charge is 0.238 e. The second-order valence-electron chi connectivity index (χ2n) is 9.96. The first kappa shape index (κ1) is 26.6. The van der Waals surface area contributed by atoms with Crippen molar-refractivity contribution in [2.75, 3.05) is 0 Å². The van der Waals surface area contributed by atoms with Crippen LogP contribution in [0.3, 0.4) is 0 Å². The van der Waals surface area contributed by atoms with E-state index < -0.39 is 10.0 Å². The van der Waals surface area contributed by atoms with Gasteiger partial charge in [-0.05, 0) is 46.4 Å². The Balaban J connectivity index is 1.19. The van der Waals surface area contributed by atoms with Crippen molar-refractivity contribution in [3.8, 4) is 11.1 Å². The largest absolute Gasteiger partial charge is 0.352 e. The molecule has 1 aliphatic rings. The Hall–Kier alpha value is -4.01. The van der Waals surface area contributed by atoms with Gasteiger partial charge in [-0.2, -0.15) is 0 Å². The van der Waals surface area contributed by atoms with Crippen molar-refractivity contribution >= 4 is 32.6 Å². The number of hydrogen-bond acceptors (Lipinski definition) is 4. The van der Waals surface area contributed by atoms with Crippen LogP contribution in [0.1, 0.15) is 30.4 Å². The molecule has 7 nitrogen and oxygen atoms in total. The molecule has 0 unspecified atom stereocenters. The fourth-order valence-electron chi connectivity index (χ4n) is 5.42. The zero-order chi connectivity index (χ0) is 27.4. The van der Waals surface area contributed by atoms with Gasteiger partial charge in [0.15, 0.2) is 0 Å². The first-order valence-corrected chi connectivity index (χ1v) is 14.6. The minimum absolute atomic E-state index is 0.0667. The molecule has 1 saturated carbocycles. The second-order valence-corrected chi connectivity index (χ2v) is 11.5. The van der Waals surface area contributed by atoms with Gasteiger partial charge in [0.05, 0.1) is 4.90 Å². The number of nitrogens with two attached hydrogens (primary N) is 1. The Bertz CT molecular complexity index is 1610. The number of nitrogens with one attached hydrogen (secondary N) is 2. The highest BCUT2D eigenvalue weighted by Crippen LogP contribution is 2.32. The Labute approximate surface area is 228 Å². The Kier molecular flexibility index (Phi) is 7.77. The summed E-state index contributed by atoms with van der Waals surface area (Å²) in [5.74, 6) is -0.921. The van der Waals surface area contributed by atoms with Crippen LogP contribution in [0, 0.1) is 11.8 Å². The van der Waals surface area contributed by atoms with Crippen LogP contribution in [0.15, 0.2) is 95.9 Å². The van der Waals surface area contributed by atoms with E-state index in [2.05, 4.69) is 22.8 Å². The highest BCUT2D eigenvalue weighted by Gasteiger charge is 2.37. The number of amides is 2. The third-order valence-corrected chi connectivity index (χ3v) is 8.42. The normalized spacial score (nSPS) is 17.2. The lowest BCUT2D eigenvalue weighted by Gasteiger charge is -2.19. The summed E-state index contributed by atoms with van der Waals surface area (Å²) >= 11 is 0. The van der Waals surface area contributed by atoms with Crippen LogP contribution in [-0.4, -0.2) is 20.2 Å². The van der Waals surface area contributed by atoms with Crippen molar-refractivity contribution < 1.29 is 18.0 Å². The summed E-state index contributed by atoms with van der Waals surface area (Å²) in [5, 5.41) is 13.6. The number of sulfonamides is 1. The Morgan fingerprint density at radius 3 is 2.08 bits per heavy atom. The lowest BCUT2D eigenvalue weighted by Crippen LogP contribution is -2.39. The van der Waals surface area contributed by atoms with Gasteiger partial charge in [-0.25, -0.2) is 13.6 Å². The van der Waals surface area contributed by atoms with E-state index in [1.54, 1.807) is 18.2 Å². The van der Waals surface area contributed by atoms with Crippen molar-refractivity contribution in [2.45, 2.75) is 37.2 Å². The molecule has 0 aromatic heterocycles. The zero-order valence-corrected chi connectivity index (χ0v) is 22.3. The van der Waals surface area contributed by atoms with Crippen LogP contribution in [0.25, 0.3) is 21.9 Å². The summed E-state index contributed by atoms with van der Waals surface area (Å²) in [5.41, 5.74) is 3.16. The highest BCUT2D eigenvalue weighted by atomic mass is 32.2. The maximum absolute atomic E-state index is 13.1. The minimum Gasteiger partial charge on any atom is -0.352 e. The van der Waals surface area contributed by atoms with Crippen LogP contribution in [-0.2, 0) is 32.7 Å². The SMILES string of the molecule is NS(=O)(=O)c1ccccc1-c1ccc(CNC(=O)[C@@H]2CCC[C@H]2C(=O)NCc2cccc3ccccc23)cc1. The summed E-state index contributed by atoms with van der Waals surface area (Å²) < 4.78 is 23.9. The van der Waals surface area contributed by atoms with Gasteiger partial charge in [-0.1, -0.05) is 91.3 Å². The molecule has 4 aromatic rings. The van der Waals surface area contributed by atoms with Gasteiger partial charge in [-0.3, -0.25) is 9.59 Å². The second kappa shape index (κ2) is 11.4. The highest BCUT2D eigenvalue weighted by molar-refractivity contribution is 7.89. The van der Waals surface area contributed by atoms with E-state index in [4.69, 9.17) is 5.14 Å². The van der Waals surface area contributed by atoms with Gasteiger partial charge in [0, 0.05) is 30.5 Å². The number of primary sulfonamides is 1. The monoisotopic (exact) mass is 541 g/mol. The van der Waals surface area contributed by atoms with Gasteiger partial charge in [-0.15, -0.1) is 0 Å². The molecule has 0 saturated heterocycles. The first-order chi connectivity index (χ1) is 18.8. The molecule has 8 heteroatoms. The molecule has 1 aliphatic carbocycles. The fraction of sp³-hybridized carbons (Fsp3) is 0.226. The van der Waals surface area contributed by atoms with E-state index in [0.29, 0.717) is 37.1 Å². The van der Waals surface area contributed by atoms with Crippen LogP contribution >= 0.6 is 0 Å². The molecule has 5 rings (SSSR count). The first-order valence-electron chi connectivity index (χ1n) is 13.0. The molecule has 0 bridgehead atoms. The van der Waals surface area contributed by atoms with E-state index in [-0.39, 0.29) is 28.5 Å². The molecule has 200 valence electrons. The topological polar surface area (TPSA) is 118 Å². The number of hydrogen-bond donors (Lipinski definition) is 3. The van der Waals surface area contributed by atoms with Crippen LogP contribution in [0.4, 0.5) is 0 Å². The van der Waals surface area contributed by atoms with Gasteiger partial charge in [0.1, 0.15) is 0 Å². The van der Waals surface area contributed by atoms with Crippen molar-refractivity contribution in [2.24, 2.45) is 17.0 Å². The lowest BCUT2D eigenvalue weighted by atomic mass is 9.94. The molecule has 2 atom stereocenters. The molecule has 4 aromatic carbocycles.